The molecular formula is C20H7I4Na2O5+. The minimum Gasteiger partial charge on any atom is -0.871 e. The largest absolute Gasteiger partial charge is 1.00 e. The Bertz CT molecular complexity index is 1370. The van der Waals surface area contributed by atoms with Crippen LogP contribution in [0.2, 0.25) is 0 Å². The summed E-state index contributed by atoms with van der Waals surface area (Å²) >= 11 is 7.81. The molecule has 0 fully saturated rings. The minimum atomic E-state index is -1.06. The summed E-state index contributed by atoms with van der Waals surface area (Å²) in [6.45, 7) is 0. The van der Waals surface area contributed by atoms with E-state index in [1.807, 2.05) is 90.4 Å². The predicted molar refractivity (Wildman–Crippen MR) is 142 cm³/mol. The molecule has 5 nitrogen and oxygen atoms in total. The van der Waals surface area contributed by atoms with Crippen molar-refractivity contribution in [2.24, 2.45) is 0 Å². The molecule has 11 heteroatoms. The van der Waals surface area contributed by atoms with E-state index < -0.39 is 5.97 Å². The first-order chi connectivity index (χ1) is 13.7. The van der Waals surface area contributed by atoms with Crippen molar-refractivity contribution in [1.29, 1.82) is 0 Å². The third-order valence-electron chi connectivity index (χ3n) is 4.43. The average molecular weight is 881 g/mol. The van der Waals surface area contributed by atoms with Crippen LogP contribution in [0.3, 0.4) is 0 Å². The third kappa shape index (κ3) is 5.15. The second-order valence-corrected chi connectivity index (χ2v) is 10.6. The van der Waals surface area contributed by atoms with Gasteiger partial charge in [0.05, 0.1) is 9.13 Å². The van der Waals surface area contributed by atoms with Gasteiger partial charge in [0.1, 0.15) is 9.15 Å². The van der Waals surface area contributed by atoms with Gasteiger partial charge in [-0.25, -0.2) is 4.79 Å². The Kier molecular flexibility index (Phi) is 10.5. The molecule has 1 N–H and O–H groups in total. The fourth-order valence-electron chi connectivity index (χ4n) is 3.16. The standard InChI is InChI=1S/C20H8I4O5.2Na/c21-11-5-9-13(7-3-1-2-4-8(7)20(27)28)10-6-12(22)17(26)15(24)19(10)29-18(9)14(23)16(11)25;;/h1-6,25H,(H,27,28);;/q;2*+1/p-1. The maximum Gasteiger partial charge on any atom is 1.00 e. The van der Waals surface area contributed by atoms with Gasteiger partial charge in [0.15, 0.2) is 5.76 Å². The molecule has 0 bridgehead atoms. The zero-order valence-corrected chi connectivity index (χ0v) is 28.7. The number of carboxylic acid groups (broad SMARTS) is 1. The summed E-state index contributed by atoms with van der Waals surface area (Å²) in [6.07, 6.45) is 0. The maximum atomic E-state index is 12.5. The molecule has 0 aromatic heterocycles. The molecule has 0 spiro atoms. The quantitative estimate of drug-likeness (QED) is 0.171. The van der Waals surface area contributed by atoms with Gasteiger partial charge in [0.2, 0.25) is 5.43 Å². The number of benzene rings is 3. The smallest absolute Gasteiger partial charge is 0.871 e. The Morgan fingerprint density at radius 3 is 2.23 bits per heavy atom. The number of carbonyl (C=O) groups is 1. The Morgan fingerprint density at radius 1 is 0.935 bits per heavy atom. The number of hydrogen-bond donors (Lipinski definition) is 1. The van der Waals surface area contributed by atoms with E-state index >= 15 is 0 Å². The second kappa shape index (κ2) is 11.4. The van der Waals surface area contributed by atoms with Gasteiger partial charge in [-0.3, -0.25) is 4.79 Å². The molecule has 31 heavy (non-hydrogen) atoms. The summed E-state index contributed by atoms with van der Waals surface area (Å²) in [5, 5.41) is 22.9. The van der Waals surface area contributed by atoms with E-state index in [4.69, 9.17) is 4.42 Å². The summed E-state index contributed by atoms with van der Waals surface area (Å²) in [7, 11) is 0. The molecule has 0 unspecified atom stereocenters. The van der Waals surface area contributed by atoms with Gasteiger partial charge in [0, 0.05) is 23.7 Å². The van der Waals surface area contributed by atoms with Gasteiger partial charge >= 0.3 is 65.1 Å². The van der Waals surface area contributed by atoms with Crippen LogP contribution >= 0.6 is 90.4 Å². The summed E-state index contributed by atoms with van der Waals surface area (Å²) in [6, 6.07) is 10.1. The van der Waals surface area contributed by atoms with Crippen molar-refractivity contribution in [3.8, 4) is 28.2 Å². The monoisotopic (exact) mass is 881 g/mol. The van der Waals surface area contributed by atoms with Gasteiger partial charge in [-0.05, 0) is 114 Å². The Balaban J connectivity index is 0.00000171. The van der Waals surface area contributed by atoms with E-state index in [9.17, 15) is 19.8 Å². The zero-order valence-electron chi connectivity index (χ0n) is 16.1. The van der Waals surface area contributed by atoms with Gasteiger partial charge in [-0.15, -0.1) is 0 Å². The molecule has 2 aromatic carbocycles. The molecule has 146 valence electrons. The Morgan fingerprint density at radius 2 is 1.58 bits per heavy atom. The molecule has 4 rings (SSSR count). The summed E-state index contributed by atoms with van der Waals surface area (Å²) in [5.74, 6) is -0.878. The molecule has 0 saturated heterocycles. The van der Waals surface area contributed by atoms with Crippen LogP contribution in [-0.4, -0.2) is 11.1 Å². The van der Waals surface area contributed by atoms with E-state index in [1.165, 1.54) is 6.07 Å². The first-order valence-electron chi connectivity index (χ1n) is 7.98. The minimum absolute atomic E-state index is 0. The van der Waals surface area contributed by atoms with Gasteiger partial charge in [-0.2, -0.15) is 0 Å². The number of hydrogen-bond acceptors (Lipinski definition) is 4. The van der Waals surface area contributed by atoms with E-state index in [2.05, 4.69) is 0 Å². The van der Waals surface area contributed by atoms with E-state index in [1.54, 1.807) is 30.3 Å². The Labute approximate surface area is 275 Å². The SMILES string of the molecule is O=C(O)c1ccccc1-c1c2cc(I)c(=O)c(I)c-2oc2c(I)c([O-])c(I)cc12.[Na+].[Na+]. The molecule has 0 radical (unpaired) electrons. The van der Waals surface area contributed by atoms with Crippen molar-refractivity contribution in [2.45, 2.75) is 0 Å². The number of fused-ring (bicyclic) bond motifs is 2. The predicted octanol–water partition coefficient (Wildman–Crippen LogP) is -0.237. The topological polar surface area (TPSA) is 90.6 Å². The van der Waals surface area contributed by atoms with Crippen molar-refractivity contribution in [3.05, 3.63) is 66.5 Å². The molecule has 1 heterocycles. The number of aromatic carboxylic acids is 1. The van der Waals surface area contributed by atoms with Crippen LogP contribution in [0.5, 0.6) is 5.75 Å². The van der Waals surface area contributed by atoms with Crippen LogP contribution in [0.15, 0.2) is 45.6 Å². The van der Waals surface area contributed by atoms with Crippen LogP contribution in [-0.2, 0) is 0 Å². The van der Waals surface area contributed by atoms with Crippen LogP contribution in [0.1, 0.15) is 10.4 Å². The first kappa shape index (κ1) is 28.6. The van der Waals surface area contributed by atoms with E-state index in [0.717, 1.165) is 0 Å². The van der Waals surface area contributed by atoms with Crippen molar-refractivity contribution >= 4 is 107 Å². The molecule has 2 aliphatic rings. The number of carboxylic acids is 1. The van der Waals surface area contributed by atoms with Gasteiger partial charge in [-0.1, -0.05) is 23.9 Å². The van der Waals surface area contributed by atoms with E-state index in [-0.39, 0.29) is 75.9 Å². The fraction of sp³-hybridized carbons (Fsp3) is 0. The molecule has 0 atom stereocenters. The van der Waals surface area contributed by atoms with Crippen LogP contribution in [0.4, 0.5) is 0 Å². The summed E-state index contributed by atoms with van der Waals surface area (Å²) in [5.41, 5.74) is 2.07. The van der Waals surface area contributed by atoms with Crippen molar-refractivity contribution < 1.29 is 78.5 Å². The molecular weight excluding hydrogens is 874 g/mol. The molecule has 2 aromatic rings. The zero-order chi connectivity index (χ0) is 21.0. The van der Waals surface area contributed by atoms with Crippen molar-refractivity contribution in [3.63, 3.8) is 0 Å². The molecule has 0 saturated carbocycles. The van der Waals surface area contributed by atoms with Crippen LogP contribution in [0.25, 0.3) is 33.4 Å². The number of halogens is 4. The second-order valence-electron chi connectivity index (χ2n) is 6.08. The van der Waals surface area contributed by atoms with Crippen molar-refractivity contribution in [2.75, 3.05) is 0 Å². The molecule has 0 amide bonds. The molecule has 1 aliphatic carbocycles. The first-order valence-corrected chi connectivity index (χ1v) is 12.3. The maximum absolute atomic E-state index is 12.5. The Hall–Kier alpha value is 1.32. The van der Waals surface area contributed by atoms with E-state index in [0.29, 0.717) is 47.7 Å². The van der Waals surface area contributed by atoms with Crippen molar-refractivity contribution in [1.82, 2.24) is 0 Å². The average Bonchev–Trinajstić information content (AvgIpc) is 2.69. The fourth-order valence-corrected chi connectivity index (χ4v) is 6.74. The van der Waals surface area contributed by atoms with Crippen LogP contribution in [0, 0.1) is 14.3 Å². The third-order valence-corrected chi connectivity index (χ3v) is 7.99. The number of rotatable bonds is 2. The summed E-state index contributed by atoms with van der Waals surface area (Å²) < 4.78 is 7.87. The van der Waals surface area contributed by atoms with Crippen LogP contribution < -0.4 is 69.6 Å². The van der Waals surface area contributed by atoms with Gasteiger partial charge in [0.25, 0.3) is 0 Å². The van der Waals surface area contributed by atoms with Gasteiger partial charge < -0.3 is 14.6 Å². The normalized spacial score (nSPS) is 10.6. The summed E-state index contributed by atoms with van der Waals surface area (Å²) in [4.78, 5) is 24.4. The molecule has 1 aliphatic heterocycles.